The Hall–Kier alpha value is -3.53. The average molecular weight is 367 g/mol. The number of carbonyl (C=O) groups excluding carboxylic acids is 1. The summed E-state index contributed by atoms with van der Waals surface area (Å²) in [5.41, 5.74) is 0. The van der Waals surface area contributed by atoms with Crippen molar-refractivity contribution >= 4 is 5.91 Å². The molecule has 1 N–H and O–H groups in total. The molecule has 1 unspecified atom stereocenters. The first-order valence-corrected chi connectivity index (χ1v) is 8.44. The van der Waals surface area contributed by atoms with Gasteiger partial charge in [0.2, 0.25) is 12.9 Å². The first kappa shape index (κ1) is 16.9. The molecule has 0 radical (unpaired) electrons. The molecule has 2 aliphatic heterocycles. The van der Waals surface area contributed by atoms with Crippen LogP contribution in [0.2, 0.25) is 0 Å². The lowest BCUT2D eigenvalue weighted by Crippen LogP contribution is -2.44. The summed E-state index contributed by atoms with van der Waals surface area (Å²) in [7, 11) is 0. The van der Waals surface area contributed by atoms with Gasteiger partial charge in [-0.15, -0.1) is 0 Å². The third kappa shape index (κ3) is 4.01. The van der Waals surface area contributed by atoms with Crippen LogP contribution in [0.5, 0.6) is 28.7 Å². The van der Waals surface area contributed by atoms with Crippen LogP contribution in [-0.2, 0) is 4.79 Å². The van der Waals surface area contributed by atoms with E-state index in [1.807, 2.05) is 12.1 Å². The minimum Gasteiger partial charge on any atom is -0.485 e. The van der Waals surface area contributed by atoms with E-state index in [4.69, 9.17) is 23.7 Å². The first-order valence-electron chi connectivity index (χ1n) is 8.44. The van der Waals surface area contributed by atoms with Gasteiger partial charge in [0, 0.05) is 6.07 Å². The molecule has 2 heterocycles. The van der Waals surface area contributed by atoms with Crippen molar-refractivity contribution in [3.8, 4) is 40.6 Å². The second-order valence-corrected chi connectivity index (χ2v) is 5.74. The Morgan fingerprint density at radius 2 is 1.85 bits per heavy atom. The molecule has 0 spiro atoms. The molecule has 2 aliphatic rings. The number of amides is 1. The number of fused-ring (bicyclic) bond motifs is 2. The smallest absolute Gasteiger partial charge is 0.265 e. The Balaban J connectivity index is 1.20. The molecule has 7 heteroatoms. The van der Waals surface area contributed by atoms with Crippen LogP contribution in [0.25, 0.3) is 0 Å². The number of hydrogen-bond acceptors (Lipinski definition) is 6. The maximum absolute atomic E-state index is 12.1. The van der Waals surface area contributed by atoms with E-state index in [1.165, 1.54) is 0 Å². The molecule has 138 valence electrons. The van der Waals surface area contributed by atoms with Crippen molar-refractivity contribution < 1.29 is 28.5 Å². The van der Waals surface area contributed by atoms with Crippen molar-refractivity contribution in [2.75, 3.05) is 26.6 Å². The van der Waals surface area contributed by atoms with Crippen molar-refractivity contribution in [3.05, 3.63) is 42.5 Å². The van der Waals surface area contributed by atoms with Crippen LogP contribution >= 0.6 is 0 Å². The van der Waals surface area contributed by atoms with Crippen LogP contribution in [-0.4, -0.2) is 38.6 Å². The van der Waals surface area contributed by atoms with E-state index in [9.17, 15) is 4.79 Å². The van der Waals surface area contributed by atoms with Gasteiger partial charge >= 0.3 is 0 Å². The van der Waals surface area contributed by atoms with E-state index in [1.54, 1.807) is 30.3 Å². The zero-order chi connectivity index (χ0) is 18.5. The molecule has 0 fully saturated rings. The van der Waals surface area contributed by atoms with Crippen molar-refractivity contribution in [1.29, 1.82) is 0 Å². The lowest BCUT2D eigenvalue weighted by Gasteiger charge is -2.25. The van der Waals surface area contributed by atoms with E-state index in [0.717, 1.165) is 0 Å². The molecule has 27 heavy (non-hydrogen) atoms. The average Bonchev–Trinajstić information content (AvgIpc) is 3.18. The minimum absolute atomic E-state index is 0.170. The summed E-state index contributed by atoms with van der Waals surface area (Å²) < 4.78 is 27.2. The molecular formula is C20H17NO6. The van der Waals surface area contributed by atoms with E-state index >= 15 is 0 Å². The molecule has 1 atom stereocenters. The van der Waals surface area contributed by atoms with Crippen LogP contribution in [0.4, 0.5) is 0 Å². The van der Waals surface area contributed by atoms with Crippen LogP contribution in [0.1, 0.15) is 0 Å². The predicted octanol–water partition coefficient (Wildman–Crippen LogP) is 1.75. The standard InChI is InChI=1S/C20H17NO6/c22-20(19-12-24-15-5-1-2-6-17(15)27-19)21-9-3-4-10-23-14-7-8-16-18(11-14)26-13-25-16/h1-2,5-8,11,19H,9-10,12-13H2,(H,21,22). The Morgan fingerprint density at radius 3 is 2.78 bits per heavy atom. The molecule has 0 bridgehead atoms. The number of ether oxygens (including phenoxy) is 5. The van der Waals surface area contributed by atoms with Crippen LogP contribution in [0.15, 0.2) is 42.5 Å². The summed E-state index contributed by atoms with van der Waals surface area (Å²) in [5, 5.41) is 2.71. The van der Waals surface area contributed by atoms with Crippen molar-refractivity contribution in [2.45, 2.75) is 6.10 Å². The highest BCUT2D eigenvalue weighted by atomic mass is 16.7. The second-order valence-electron chi connectivity index (χ2n) is 5.74. The Labute approximate surface area is 156 Å². The molecule has 2 aromatic rings. The van der Waals surface area contributed by atoms with E-state index in [2.05, 4.69) is 17.2 Å². The summed E-state index contributed by atoms with van der Waals surface area (Å²) in [5.74, 6) is 8.62. The molecule has 7 nitrogen and oxygen atoms in total. The highest BCUT2D eigenvalue weighted by Crippen LogP contribution is 2.35. The monoisotopic (exact) mass is 367 g/mol. The number of benzene rings is 2. The summed E-state index contributed by atoms with van der Waals surface area (Å²) in [6, 6.07) is 12.6. The van der Waals surface area contributed by atoms with Crippen molar-refractivity contribution in [1.82, 2.24) is 5.32 Å². The fraction of sp³-hybridized carbons (Fsp3) is 0.250. The lowest BCUT2D eigenvalue weighted by atomic mass is 10.2. The van der Waals surface area contributed by atoms with Gasteiger partial charge in [0.15, 0.2) is 23.0 Å². The van der Waals surface area contributed by atoms with Gasteiger partial charge in [0.05, 0.1) is 6.54 Å². The maximum atomic E-state index is 12.1. The van der Waals surface area contributed by atoms with Gasteiger partial charge in [-0.3, -0.25) is 4.79 Å². The maximum Gasteiger partial charge on any atom is 0.265 e. The normalized spacial score (nSPS) is 16.1. The Kier molecular flexibility index (Phi) is 4.88. The lowest BCUT2D eigenvalue weighted by molar-refractivity contribution is -0.130. The van der Waals surface area contributed by atoms with Crippen LogP contribution < -0.4 is 29.0 Å². The summed E-state index contributed by atoms with van der Waals surface area (Å²) in [6.07, 6.45) is -0.688. The van der Waals surface area contributed by atoms with Gasteiger partial charge in [0.1, 0.15) is 19.0 Å². The number of rotatable bonds is 4. The molecule has 0 aromatic heterocycles. The molecule has 1 amide bonds. The molecule has 2 aromatic carbocycles. The predicted molar refractivity (Wildman–Crippen MR) is 95.2 cm³/mol. The summed E-state index contributed by atoms with van der Waals surface area (Å²) in [6.45, 7) is 0.792. The largest absolute Gasteiger partial charge is 0.485 e. The zero-order valence-corrected chi connectivity index (χ0v) is 14.4. The zero-order valence-electron chi connectivity index (χ0n) is 14.4. The highest BCUT2D eigenvalue weighted by Gasteiger charge is 2.26. The second kappa shape index (κ2) is 7.79. The van der Waals surface area contributed by atoms with Crippen LogP contribution in [0, 0.1) is 11.8 Å². The van der Waals surface area contributed by atoms with Gasteiger partial charge in [-0.25, -0.2) is 0 Å². The summed E-state index contributed by atoms with van der Waals surface area (Å²) >= 11 is 0. The van der Waals surface area contributed by atoms with E-state index < -0.39 is 6.10 Å². The van der Waals surface area contributed by atoms with Gasteiger partial charge < -0.3 is 29.0 Å². The Bertz CT molecular complexity index is 901. The van der Waals surface area contributed by atoms with E-state index in [-0.39, 0.29) is 32.5 Å². The van der Waals surface area contributed by atoms with Gasteiger partial charge in [-0.2, -0.15) is 0 Å². The highest BCUT2D eigenvalue weighted by molar-refractivity contribution is 5.82. The Morgan fingerprint density at radius 1 is 1.04 bits per heavy atom. The van der Waals surface area contributed by atoms with Gasteiger partial charge in [-0.05, 0) is 24.3 Å². The van der Waals surface area contributed by atoms with Crippen LogP contribution in [0.3, 0.4) is 0 Å². The molecule has 0 aliphatic carbocycles. The van der Waals surface area contributed by atoms with E-state index in [0.29, 0.717) is 28.7 Å². The number of para-hydroxylation sites is 2. The minimum atomic E-state index is -0.688. The number of hydrogen-bond donors (Lipinski definition) is 1. The fourth-order valence-corrected chi connectivity index (χ4v) is 2.59. The molecule has 4 rings (SSSR count). The van der Waals surface area contributed by atoms with Gasteiger partial charge in [-0.1, -0.05) is 24.0 Å². The van der Waals surface area contributed by atoms with Crippen molar-refractivity contribution in [2.24, 2.45) is 0 Å². The molecule has 0 saturated carbocycles. The molecular weight excluding hydrogens is 350 g/mol. The third-order valence-electron chi connectivity index (χ3n) is 3.93. The summed E-state index contributed by atoms with van der Waals surface area (Å²) in [4.78, 5) is 12.1. The third-order valence-corrected chi connectivity index (χ3v) is 3.93. The number of nitrogens with one attached hydrogen (secondary N) is 1. The molecule has 0 saturated heterocycles. The SMILES string of the molecule is O=C(NCC#CCOc1ccc2c(c1)OCO2)C1COc2ccccc2O1. The quantitative estimate of drug-likeness (QED) is 0.830. The first-order chi connectivity index (χ1) is 13.3. The van der Waals surface area contributed by atoms with Crippen molar-refractivity contribution in [3.63, 3.8) is 0 Å². The number of carbonyl (C=O) groups is 1. The van der Waals surface area contributed by atoms with Gasteiger partial charge in [0.25, 0.3) is 5.91 Å². The topological polar surface area (TPSA) is 75.3 Å². The fourth-order valence-electron chi connectivity index (χ4n) is 2.59.